The summed E-state index contributed by atoms with van der Waals surface area (Å²) < 4.78 is 5.29. The zero-order chi connectivity index (χ0) is 12.3. The molecule has 17 heavy (non-hydrogen) atoms. The van der Waals surface area contributed by atoms with E-state index in [1.54, 1.807) is 13.2 Å². The quantitative estimate of drug-likeness (QED) is 0.878. The van der Waals surface area contributed by atoms with Crippen LogP contribution in [0, 0.1) is 0 Å². The molecule has 0 spiro atoms. The van der Waals surface area contributed by atoms with Crippen molar-refractivity contribution in [2.24, 2.45) is 0 Å². The van der Waals surface area contributed by atoms with Gasteiger partial charge in [-0.2, -0.15) is 0 Å². The van der Waals surface area contributed by atoms with Crippen molar-refractivity contribution in [3.05, 3.63) is 42.0 Å². The molecule has 0 atom stereocenters. The Morgan fingerprint density at radius 1 is 1.18 bits per heavy atom. The molecule has 1 amide bonds. The second kappa shape index (κ2) is 4.87. The Kier molecular flexibility index (Phi) is 3.28. The summed E-state index contributed by atoms with van der Waals surface area (Å²) in [5.74, 6) is 0.736. The monoisotopic (exact) mass is 229 g/mol. The van der Waals surface area contributed by atoms with E-state index in [4.69, 9.17) is 4.74 Å². The number of carbonyl (C=O) groups excluding carboxylic acids is 1. The third-order valence-corrected chi connectivity index (χ3v) is 2.69. The Balaban J connectivity index is 2.62. The first kappa shape index (κ1) is 11.5. The number of methoxy groups -OCH3 is 1. The van der Waals surface area contributed by atoms with Gasteiger partial charge in [0, 0.05) is 17.5 Å². The van der Waals surface area contributed by atoms with Crippen LogP contribution in [0.15, 0.2) is 36.4 Å². The zero-order valence-electron chi connectivity index (χ0n) is 9.99. The summed E-state index contributed by atoms with van der Waals surface area (Å²) in [6.07, 6.45) is 0. The maximum Gasteiger partial charge on any atom is 0.251 e. The van der Waals surface area contributed by atoms with Gasteiger partial charge in [0.15, 0.2) is 0 Å². The number of hydrogen-bond donors (Lipinski definition) is 1. The molecule has 2 aromatic carbocycles. The van der Waals surface area contributed by atoms with Crippen molar-refractivity contribution in [3.63, 3.8) is 0 Å². The van der Waals surface area contributed by atoms with Gasteiger partial charge in [-0.15, -0.1) is 0 Å². The summed E-state index contributed by atoms with van der Waals surface area (Å²) in [4.78, 5) is 11.9. The van der Waals surface area contributed by atoms with Crippen LogP contribution in [0.1, 0.15) is 17.3 Å². The van der Waals surface area contributed by atoms with Gasteiger partial charge in [0.2, 0.25) is 0 Å². The van der Waals surface area contributed by atoms with Gasteiger partial charge in [-0.1, -0.05) is 24.3 Å². The fraction of sp³-hybridized carbons (Fsp3) is 0.214. The van der Waals surface area contributed by atoms with Crippen LogP contribution < -0.4 is 10.1 Å². The van der Waals surface area contributed by atoms with Crippen LogP contribution in [0.2, 0.25) is 0 Å². The first-order chi connectivity index (χ1) is 8.27. The van der Waals surface area contributed by atoms with E-state index in [9.17, 15) is 4.79 Å². The van der Waals surface area contributed by atoms with Crippen LogP contribution in [-0.2, 0) is 0 Å². The van der Waals surface area contributed by atoms with E-state index in [-0.39, 0.29) is 5.91 Å². The van der Waals surface area contributed by atoms with Crippen molar-refractivity contribution in [2.45, 2.75) is 6.92 Å². The Labute approximate surface area is 100 Å². The molecule has 0 unspecified atom stereocenters. The highest BCUT2D eigenvalue weighted by Gasteiger charge is 2.11. The highest BCUT2D eigenvalue weighted by Crippen LogP contribution is 2.28. The number of nitrogens with one attached hydrogen (secondary N) is 1. The molecule has 0 radical (unpaired) electrons. The maximum absolute atomic E-state index is 11.9. The molecule has 0 saturated carbocycles. The molecule has 1 N–H and O–H groups in total. The summed E-state index contributed by atoms with van der Waals surface area (Å²) >= 11 is 0. The summed E-state index contributed by atoms with van der Waals surface area (Å²) in [7, 11) is 1.63. The van der Waals surface area contributed by atoms with E-state index in [2.05, 4.69) is 5.32 Å². The summed E-state index contributed by atoms with van der Waals surface area (Å²) in [5, 5.41) is 4.68. The molecule has 0 fully saturated rings. The molecule has 88 valence electrons. The lowest BCUT2D eigenvalue weighted by Gasteiger charge is -2.09. The molecule has 0 aliphatic rings. The van der Waals surface area contributed by atoms with Crippen molar-refractivity contribution < 1.29 is 9.53 Å². The van der Waals surface area contributed by atoms with Crippen LogP contribution in [0.3, 0.4) is 0 Å². The van der Waals surface area contributed by atoms with Gasteiger partial charge in [0.1, 0.15) is 5.75 Å². The fourth-order valence-corrected chi connectivity index (χ4v) is 1.90. The van der Waals surface area contributed by atoms with Crippen molar-refractivity contribution in [1.82, 2.24) is 5.32 Å². The zero-order valence-corrected chi connectivity index (χ0v) is 9.99. The van der Waals surface area contributed by atoms with Gasteiger partial charge in [0.25, 0.3) is 5.91 Å². The standard InChI is InChI=1S/C14H15NO2/c1-3-15-14(16)12-8-9-13(17-2)11-7-5-4-6-10(11)12/h4-9H,3H2,1-2H3,(H,15,16). The molecule has 2 aromatic rings. The third kappa shape index (κ3) is 2.09. The SMILES string of the molecule is CCNC(=O)c1ccc(OC)c2ccccc12. The number of ether oxygens (including phenoxy) is 1. The van der Waals surface area contributed by atoms with Gasteiger partial charge in [-0.25, -0.2) is 0 Å². The smallest absolute Gasteiger partial charge is 0.251 e. The topological polar surface area (TPSA) is 38.3 Å². The van der Waals surface area contributed by atoms with E-state index in [1.165, 1.54) is 0 Å². The molecular formula is C14H15NO2. The lowest BCUT2D eigenvalue weighted by atomic mass is 10.0. The first-order valence-corrected chi connectivity index (χ1v) is 5.62. The molecule has 0 aliphatic carbocycles. The van der Waals surface area contributed by atoms with E-state index < -0.39 is 0 Å². The fourth-order valence-electron chi connectivity index (χ4n) is 1.90. The van der Waals surface area contributed by atoms with Gasteiger partial charge < -0.3 is 10.1 Å². The maximum atomic E-state index is 11.9. The molecule has 3 nitrogen and oxygen atoms in total. The van der Waals surface area contributed by atoms with E-state index in [0.717, 1.165) is 16.5 Å². The largest absolute Gasteiger partial charge is 0.496 e. The molecule has 0 aromatic heterocycles. The summed E-state index contributed by atoms with van der Waals surface area (Å²) in [6, 6.07) is 11.4. The van der Waals surface area contributed by atoms with Crippen molar-refractivity contribution in [2.75, 3.05) is 13.7 Å². The molecular weight excluding hydrogens is 214 g/mol. The van der Waals surface area contributed by atoms with Gasteiger partial charge in [0.05, 0.1) is 7.11 Å². The molecule has 0 heterocycles. The van der Waals surface area contributed by atoms with Gasteiger partial charge in [-0.05, 0) is 24.4 Å². The van der Waals surface area contributed by atoms with Gasteiger partial charge in [-0.3, -0.25) is 4.79 Å². The van der Waals surface area contributed by atoms with Crippen LogP contribution in [0.4, 0.5) is 0 Å². The predicted octanol–water partition coefficient (Wildman–Crippen LogP) is 2.60. The number of benzene rings is 2. The van der Waals surface area contributed by atoms with Crippen LogP contribution in [-0.4, -0.2) is 19.6 Å². The van der Waals surface area contributed by atoms with Gasteiger partial charge >= 0.3 is 0 Å². The lowest BCUT2D eigenvalue weighted by molar-refractivity contribution is 0.0957. The number of carbonyl (C=O) groups is 1. The van der Waals surface area contributed by atoms with Crippen molar-refractivity contribution in [3.8, 4) is 5.75 Å². The summed E-state index contributed by atoms with van der Waals surface area (Å²) in [6.45, 7) is 2.53. The molecule has 3 heteroatoms. The first-order valence-electron chi connectivity index (χ1n) is 5.62. The Bertz CT molecular complexity index is 549. The highest BCUT2D eigenvalue weighted by atomic mass is 16.5. The molecule has 2 rings (SSSR count). The minimum absolute atomic E-state index is 0.0497. The van der Waals surface area contributed by atoms with E-state index >= 15 is 0 Å². The Hall–Kier alpha value is -2.03. The minimum Gasteiger partial charge on any atom is -0.496 e. The minimum atomic E-state index is -0.0497. The van der Waals surface area contributed by atoms with Crippen LogP contribution in [0.5, 0.6) is 5.75 Å². The van der Waals surface area contributed by atoms with Crippen LogP contribution in [0.25, 0.3) is 10.8 Å². The Morgan fingerprint density at radius 2 is 1.88 bits per heavy atom. The average molecular weight is 229 g/mol. The van der Waals surface area contributed by atoms with E-state index in [0.29, 0.717) is 12.1 Å². The molecule has 0 bridgehead atoms. The summed E-state index contributed by atoms with van der Waals surface area (Å²) in [5.41, 5.74) is 0.684. The third-order valence-electron chi connectivity index (χ3n) is 2.69. The average Bonchev–Trinajstić information content (AvgIpc) is 2.37. The molecule has 0 saturated heterocycles. The second-order valence-corrected chi connectivity index (χ2v) is 3.72. The number of fused-ring (bicyclic) bond motifs is 1. The van der Waals surface area contributed by atoms with Crippen molar-refractivity contribution >= 4 is 16.7 Å². The van der Waals surface area contributed by atoms with Crippen molar-refractivity contribution in [1.29, 1.82) is 0 Å². The van der Waals surface area contributed by atoms with Crippen LogP contribution >= 0.6 is 0 Å². The second-order valence-electron chi connectivity index (χ2n) is 3.72. The molecule has 0 aliphatic heterocycles. The Morgan fingerprint density at radius 3 is 2.53 bits per heavy atom. The number of rotatable bonds is 3. The number of amides is 1. The normalized spacial score (nSPS) is 10.2. The number of hydrogen-bond acceptors (Lipinski definition) is 2. The lowest BCUT2D eigenvalue weighted by Crippen LogP contribution is -2.22. The highest BCUT2D eigenvalue weighted by molar-refractivity contribution is 6.08. The van der Waals surface area contributed by atoms with E-state index in [1.807, 2.05) is 37.3 Å². The predicted molar refractivity (Wildman–Crippen MR) is 68.5 cm³/mol.